The van der Waals surface area contributed by atoms with Gasteiger partial charge in [0.15, 0.2) is 23.0 Å². The van der Waals surface area contributed by atoms with Crippen LogP contribution in [0.15, 0.2) is 12.1 Å². The van der Waals surface area contributed by atoms with E-state index in [1.165, 1.54) is 23.8 Å². The molecule has 196 valence electrons. The molecule has 4 rings (SSSR count). The number of nitrogen functional groups attached to an aromatic ring is 1. The predicted octanol–water partition coefficient (Wildman–Crippen LogP) is 3.61. The van der Waals surface area contributed by atoms with Gasteiger partial charge in [-0.25, -0.2) is 14.4 Å². The van der Waals surface area contributed by atoms with Crippen LogP contribution in [0.25, 0.3) is 16.6 Å². The van der Waals surface area contributed by atoms with Gasteiger partial charge in [0.1, 0.15) is 0 Å². The Morgan fingerprint density at radius 1 is 1.33 bits per heavy atom. The number of anilines is 1. The Morgan fingerprint density at radius 3 is 2.64 bits per heavy atom. The molecular formula is C26H37FN6O3. The number of benzene rings is 1. The van der Waals surface area contributed by atoms with Crippen molar-refractivity contribution in [2.75, 3.05) is 19.9 Å². The molecule has 2 heterocycles. The summed E-state index contributed by atoms with van der Waals surface area (Å²) < 4.78 is 20.7. The van der Waals surface area contributed by atoms with Gasteiger partial charge in [-0.15, -0.1) is 17.9 Å². The van der Waals surface area contributed by atoms with Crippen molar-refractivity contribution in [2.45, 2.75) is 71.4 Å². The maximum atomic E-state index is 14.2. The Kier molecular flexibility index (Phi) is 10.4. The van der Waals surface area contributed by atoms with E-state index in [4.69, 9.17) is 10.5 Å². The Morgan fingerprint density at radius 2 is 2.03 bits per heavy atom. The van der Waals surface area contributed by atoms with Gasteiger partial charge in [-0.3, -0.25) is 4.79 Å². The van der Waals surface area contributed by atoms with E-state index < -0.39 is 5.82 Å². The van der Waals surface area contributed by atoms with Crippen molar-refractivity contribution >= 4 is 28.4 Å². The molecule has 1 fully saturated rings. The highest BCUT2D eigenvalue weighted by atomic mass is 19.1. The van der Waals surface area contributed by atoms with Crippen molar-refractivity contribution in [3.8, 4) is 18.6 Å². The number of fused-ring (bicyclic) bond motifs is 3. The Labute approximate surface area is 211 Å². The molecule has 1 saturated carbocycles. The third-order valence-electron chi connectivity index (χ3n) is 6.40. The lowest BCUT2D eigenvalue weighted by molar-refractivity contribution is -0.136. The van der Waals surface area contributed by atoms with Gasteiger partial charge in [-0.1, -0.05) is 13.8 Å². The fourth-order valence-corrected chi connectivity index (χ4v) is 4.37. The average molecular weight is 501 g/mol. The molecule has 2 unspecified atom stereocenters. The van der Waals surface area contributed by atoms with Crippen molar-refractivity contribution in [3.63, 3.8) is 0 Å². The molecule has 36 heavy (non-hydrogen) atoms. The summed E-state index contributed by atoms with van der Waals surface area (Å²) >= 11 is 0. The normalized spacial score (nSPS) is 17.6. The predicted molar refractivity (Wildman–Crippen MR) is 139 cm³/mol. The van der Waals surface area contributed by atoms with E-state index >= 15 is 0 Å². The molecule has 0 bridgehead atoms. The molecule has 0 aliphatic heterocycles. The fourth-order valence-electron chi connectivity index (χ4n) is 4.37. The summed E-state index contributed by atoms with van der Waals surface area (Å²) in [5.41, 5.74) is 6.97. The first-order valence-corrected chi connectivity index (χ1v) is 12.2. The zero-order valence-corrected chi connectivity index (χ0v) is 21.7. The molecule has 1 amide bonds. The molecular weight excluding hydrogens is 463 g/mol. The summed E-state index contributed by atoms with van der Waals surface area (Å²) in [6, 6.07) is 2.89. The first-order chi connectivity index (χ1) is 17.3. The summed E-state index contributed by atoms with van der Waals surface area (Å²) in [4.78, 5) is 23.3. The quantitative estimate of drug-likeness (QED) is 0.476. The number of nitrogens with zero attached hydrogens (tertiary/aromatic N) is 5. The summed E-state index contributed by atoms with van der Waals surface area (Å²) in [5.74, 6) is 0.352. The first-order valence-electron chi connectivity index (χ1n) is 12.2. The number of aromatic nitrogens is 4. The molecule has 3 N–H and O–H groups in total. The third kappa shape index (κ3) is 6.21. The molecule has 1 aliphatic carbocycles. The minimum Gasteiger partial charge on any atom is -0.494 e. The van der Waals surface area contributed by atoms with Crippen molar-refractivity contribution in [1.82, 2.24) is 24.5 Å². The number of aliphatic hydroxyl groups is 1. The Balaban J connectivity index is 0.00000109. The number of halogens is 1. The molecule has 0 saturated heterocycles. The number of rotatable bonds is 7. The second-order valence-corrected chi connectivity index (χ2v) is 8.59. The van der Waals surface area contributed by atoms with E-state index in [1.54, 1.807) is 4.90 Å². The topological polar surface area (TPSA) is 119 Å². The number of aliphatic hydroxyl groups excluding tert-OH is 1. The zero-order valence-electron chi connectivity index (χ0n) is 21.7. The number of ether oxygens (including phenoxy) is 1. The lowest BCUT2D eigenvalue weighted by atomic mass is 10.0. The van der Waals surface area contributed by atoms with Crippen LogP contribution in [-0.2, 0) is 11.2 Å². The molecule has 10 heteroatoms. The van der Waals surface area contributed by atoms with E-state index in [-0.39, 0.29) is 35.7 Å². The SMILES string of the molecule is C#C.CC.COc1cc2nc(N)n3nc(CCC[C@H](C)N(C)C(=O)C4CCC(O)C4)nc3c2cc1F. The van der Waals surface area contributed by atoms with Gasteiger partial charge < -0.3 is 20.5 Å². The van der Waals surface area contributed by atoms with Crippen LogP contribution < -0.4 is 10.5 Å². The number of carbonyl (C=O) groups is 1. The van der Waals surface area contributed by atoms with Crippen molar-refractivity contribution in [2.24, 2.45) is 5.92 Å². The van der Waals surface area contributed by atoms with Gasteiger partial charge in [0.2, 0.25) is 11.9 Å². The average Bonchev–Trinajstić information content (AvgIpc) is 3.52. The molecule has 3 atom stereocenters. The van der Waals surface area contributed by atoms with E-state index in [0.29, 0.717) is 41.6 Å². The number of amides is 1. The number of hydrogen-bond acceptors (Lipinski definition) is 7. The van der Waals surface area contributed by atoms with E-state index in [9.17, 15) is 14.3 Å². The molecule has 2 aromatic heterocycles. The Bertz CT molecular complexity index is 1190. The number of methoxy groups -OCH3 is 1. The van der Waals surface area contributed by atoms with Crippen LogP contribution in [0.3, 0.4) is 0 Å². The molecule has 1 aromatic carbocycles. The van der Waals surface area contributed by atoms with Gasteiger partial charge in [0.05, 0.1) is 18.7 Å². The van der Waals surface area contributed by atoms with Crippen LogP contribution in [0.5, 0.6) is 5.75 Å². The van der Waals surface area contributed by atoms with Gasteiger partial charge in [0.25, 0.3) is 0 Å². The minimum absolute atomic E-state index is 0.0615. The maximum Gasteiger partial charge on any atom is 0.225 e. The number of aryl methyl sites for hydroxylation is 1. The second kappa shape index (κ2) is 13.0. The van der Waals surface area contributed by atoms with Gasteiger partial charge >= 0.3 is 0 Å². The fraction of sp³-hybridized carbons (Fsp3) is 0.538. The molecule has 0 radical (unpaired) electrons. The lowest BCUT2D eigenvalue weighted by Crippen LogP contribution is -2.38. The highest BCUT2D eigenvalue weighted by molar-refractivity contribution is 5.93. The Hall–Kier alpha value is -3.45. The highest BCUT2D eigenvalue weighted by Crippen LogP contribution is 2.29. The standard InChI is InChI=1S/C22H29FN6O3.C2H6.C2H2/c1-12(28(2)21(31)13-7-8-14(30)9-13)5-4-6-19-26-20-15-10-16(23)18(32-3)11-17(15)25-22(24)29(20)27-19;2*1-2/h10-14,30H,4-9H2,1-3H3,(H2,24,25);1-2H3;1-2H/t12-,13?,14?;;/m0../s1. The van der Waals surface area contributed by atoms with Gasteiger partial charge in [-0.05, 0) is 45.1 Å². The van der Waals surface area contributed by atoms with Crippen molar-refractivity contribution in [3.05, 3.63) is 23.8 Å². The van der Waals surface area contributed by atoms with E-state index in [0.717, 1.165) is 19.3 Å². The summed E-state index contributed by atoms with van der Waals surface area (Å²) in [7, 11) is 3.21. The van der Waals surface area contributed by atoms with Crippen LogP contribution in [0.1, 0.15) is 58.7 Å². The van der Waals surface area contributed by atoms with Crippen molar-refractivity contribution in [1.29, 1.82) is 0 Å². The third-order valence-corrected chi connectivity index (χ3v) is 6.40. The van der Waals surface area contributed by atoms with Crippen LogP contribution >= 0.6 is 0 Å². The first kappa shape index (κ1) is 28.8. The number of terminal acetylenes is 1. The number of carbonyl (C=O) groups excluding carboxylic acids is 1. The highest BCUT2D eigenvalue weighted by Gasteiger charge is 2.31. The van der Waals surface area contributed by atoms with Crippen LogP contribution in [0, 0.1) is 24.6 Å². The number of hydrogen-bond donors (Lipinski definition) is 2. The zero-order chi connectivity index (χ0) is 27.0. The van der Waals surface area contributed by atoms with E-state index in [2.05, 4.69) is 27.9 Å². The van der Waals surface area contributed by atoms with Gasteiger partial charge in [0, 0.05) is 36.9 Å². The maximum absolute atomic E-state index is 14.2. The lowest BCUT2D eigenvalue weighted by Gasteiger charge is -2.27. The van der Waals surface area contributed by atoms with Crippen LogP contribution in [-0.4, -0.2) is 61.8 Å². The smallest absolute Gasteiger partial charge is 0.225 e. The van der Waals surface area contributed by atoms with Crippen molar-refractivity contribution < 1.29 is 19.0 Å². The number of nitrogens with two attached hydrogens (primary N) is 1. The molecule has 3 aromatic rings. The molecule has 9 nitrogen and oxygen atoms in total. The summed E-state index contributed by atoms with van der Waals surface area (Å²) in [5, 5.41) is 14.6. The molecule has 0 spiro atoms. The summed E-state index contributed by atoms with van der Waals surface area (Å²) in [6.07, 6.45) is 11.8. The van der Waals surface area contributed by atoms with Crippen LogP contribution in [0.2, 0.25) is 0 Å². The van der Waals surface area contributed by atoms with E-state index in [1.807, 2.05) is 27.8 Å². The summed E-state index contributed by atoms with van der Waals surface area (Å²) in [6.45, 7) is 6.02. The second-order valence-electron chi connectivity index (χ2n) is 8.59. The molecule has 1 aliphatic rings. The monoisotopic (exact) mass is 500 g/mol. The largest absolute Gasteiger partial charge is 0.494 e. The minimum atomic E-state index is -0.505. The van der Waals surface area contributed by atoms with Crippen LogP contribution in [0.4, 0.5) is 10.3 Å². The van der Waals surface area contributed by atoms with Gasteiger partial charge in [-0.2, -0.15) is 4.52 Å².